The zero-order valence-electron chi connectivity index (χ0n) is 15.6. The van der Waals surface area contributed by atoms with Crippen molar-refractivity contribution in [2.75, 3.05) is 13.7 Å². The highest BCUT2D eigenvalue weighted by molar-refractivity contribution is 5.95. The second kappa shape index (κ2) is 11.4. The minimum atomic E-state index is -1.10. The molecule has 0 bridgehead atoms. The van der Waals surface area contributed by atoms with Gasteiger partial charge in [0.05, 0.1) is 13.0 Å². The third-order valence-corrected chi connectivity index (χ3v) is 3.78. The Kier molecular flexibility index (Phi) is 9.54. The van der Waals surface area contributed by atoms with Crippen molar-refractivity contribution in [3.05, 3.63) is 35.9 Å². The van der Waals surface area contributed by atoms with Gasteiger partial charge in [0.2, 0.25) is 11.8 Å². The minimum absolute atomic E-state index is 0.00536. The predicted molar refractivity (Wildman–Crippen MR) is 97.1 cm³/mol. The average molecular weight is 364 g/mol. The van der Waals surface area contributed by atoms with Crippen LogP contribution in [0.4, 0.5) is 0 Å². The number of nitrogens with zero attached hydrogens (tertiary/aromatic N) is 1. The van der Waals surface area contributed by atoms with Crippen molar-refractivity contribution in [2.45, 2.75) is 45.6 Å². The monoisotopic (exact) mass is 364 g/mol. The van der Waals surface area contributed by atoms with Crippen LogP contribution in [-0.4, -0.2) is 47.7 Å². The molecular formula is C19H28N2O5. The summed E-state index contributed by atoms with van der Waals surface area (Å²) in [6.07, 6.45) is 0.866. The van der Waals surface area contributed by atoms with Gasteiger partial charge in [-0.1, -0.05) is 44.2 Å². The normalized spacial score (nSPS) is 12.0. The molecule has 1 aromatic rings. The van der Waals surface area contributed by atoms with Gasteiger partial charge >= 0.3 is 5.97 Å². The van der Waals surface area contributed by atoms with E-state index in [4.69, 9.17) is 4.74 Å². The van der Waals surface area contributed by atoms with E-state index >= 15 is 0 Å². The number of hydrogen-bond donors (Lipinski definition) is 2. The molecule has 1 rings (SSSR count). The van der Waals surface area contributed by atoms with Crippen LogP contribution < -0.4 is 5.43 Å². The molecule has 2 amide bonds. The molecule has 0 aliphatic heterocycles. The van der Waals surface area contributed by atoms with Gasteiger partial charge in [0.25, 0.3) is 0 Å². The first kappa shape index (κ1) is 21.8. The highest BCUT2D eigenvalue weighted by Crippen LogP contribution is 2.09. The molecule has 7 heteroatoms. The van der Waals surface area contributed by atoms with Crippen LogP contribution in [0, 0.1) is 5.92 Å². The van der Waals surface area contributed by atoms with Gasteiger partial charge in [-0.25, -0.2) is 10.4 Å². The number of carboxylic acid groups (broad SMARTS) is 1. The minimum Gasteiger partial charge on any atom is -0.480 e. The van der Waals surface area contributed by atoms with Gasteiger partial charge in [-0.2, -0.15) is 0 Å². The first-order valence-electron chi connectivity index (χ1n) is 8.72. The number of carboxylic acids is 1. The van der Waals surface area contributed by atoms with Crippen LogP contribution >= 0.6 is 0 Å². The number of methoxy groups -OCH3 is 1. The Hall–Kier alpha value is -2.25. The molecule has 0 saturated heterocycles. The number of ether oxygens (including phenoxy) is 1. The third kappa shape index (κ3) is 7.76. The van der Waals surface area contributed by atoms with Crippen LogP contribution in [0.1, 0.15) is 38.7 Å². The van der Waals surface area contributed by atoms with E-state index in [2.05, 4.69) is 5.43 Å². The van der Waals surface area contributed by atoms with Crippen molar-refractivity contribution in [2.24, 2.45) is 5.92 Å². The number of benzene rings is 1. The Bertz CT molecular complexity index is 589. The molecule has 26 heavy (non-hydrogen) atoms. The average Bonchev–Trinajstić information content (AvgIpc) is 2.61. The number of rotatable bonds is 11. The Morgan fingerprint density at radius 1 is 1.12 bits per heavy atom. The van der Waals surface area contributed by atoms with Crippen LogP contribution in [0.2, 0.25) is 0 Å². The van der Waals surface area contributed by atoms with E-state index in [1.54, 1.807) is 0 Å². The Balaban J connectivity index is 2.83. The van der Waals surface area contributed by atoms with Crippen LogP contribution in [0.5, 0.6) is 0 Å². The summed E-state index contributed by atoms with van der Waals surface area (Å²) in [6, 6.07) is 8.43. The predicted octanol–water partition coefficient (Wildman–Crippen LogP) is 2.01. The van der Waals surface area contributed by atoms with Gasteiger partial charge in [0.1, 0.15) is 6.04 Å². The van der Waals surface area contributed by atoms with E-state index in [1.807, 2.05) is 44.2 Å². The molecule has 0 spiro atoms. The van der Waals surface area contributed by atoms with Crippen molar-refractivity contribution in [1.82, 2.24) is 10.4 Å². The zero-order valence-corrected chi connectivity index (χ0v) is 15.6. The summed E-state index contributed by atoms with van der Waals surface area (Å²) in [5.41, 5.74) is 3.58. The fourth-order valence-corrected chi connectivity index (χ4v) is 2.43. The van der Waals surface area contributed by atoms with Gasteiger partial charge < -0.3 is 9.84 Å². The van der Waals surface area contributed by atoms with Crippen molar-refractivity contribution < 1.29 is 24.2 Å². The molecule has 2 N–H and O–H groups in total. The number of aliphatic carboxylic acids is 1. The summed E-state index contributed by atoms with van der Waals surface area (Å²) in [6.45, 7) is 3.92. The number of carbonyl (C=O) groups is 3. The molecule has 144 valence electrons. The molecule has 7 nitrogen and oxygen atoms in total. The molecule has 0 unspecified atom stereocenters. The largest absolute Gasteiger partial charge is 0.480 e. The topological polar surface area (TPSA) is 95.9 Å². The lowest BCUT2D eigenvalue weighted by molar-refractivity contribution is -0.153. The lowest BCUT2D eigenvalue weighted by Gasteiger charge is -2.26. The molecule has 0 aliphatic carbocycles. The van der Waals surface area contributed by atoms with Crippen molar-refractivity contribution in [3.8, 4) is 0 Å². The maximum atomic E-state index is 12.6. The molecule has 0 aromatic heterocycles. The maximum Gasteiger partial charge on any atom is 0.322 e. The van der Waals surface area contributed by atoms with Crippen molar-refractivity contribution >= 4 is 17.8 Å². The fourth-order valence-electron chi connectivity index (χ4n) is 2.43. The summed E-state index contributed by atoms with van der Waals surface area (Å²) in [4.78, 5) is 36.4. The number of nitrogens with one attached hydrogen (secondary N) is 1. The molecule has 0 aliphatic rings. The third-order valence-electron chi connectivity index (χ3n) is 3.78. The van der Waals surface area contributed by atoms with Crippen LogP contribution in [0.15, 0.2) is 30.3 Å². The van der Waals surface area contributed by atoms with E-state index in [0.717, 1.165) is 10.6 Å². The van der Waals surface area contributed by atoms with Gasteiger partial charge in [0, 0.05) is 13.5 Å². The molecule has 1 aromatic carbocycles. The molecule has 0 saturated carbocycles. The first-order valence-corrected chi connectivity index (χ1v) is 8.72. The zero-order chi connectivity index (χ0) is 19.5. The van der Waals surface area contributed by atoms with Gasteiger partial charge in [-0.15, -0.1) is 0 Å². The molecule has 0 fully saturated rings. The SMILES string of the molecule is COCCC(=O)N(N[C@@H](CC(C)C)C(=O)O)C(=O)CCc1ccccc1. The summed E-state index contributed by atoms with van der Waals surface area (Å²) in [7, 11) is 1.46. The number of amides is 2. The van der Waals surface area contributed by atoms with E-state index in [0.29, 0.717) is 12.8 Å². The summed E-state index contributed by atoms with van der Waals surface area (Å²) >= 11 is 0. The van der Waals surface area contributed by atoms with Crippen molar-refractivity contribution in [3.63, 3.8) is 0 Å². The Labute approximate surface area is 154 Å². The van der Waals surface area contributed by atoms with Crippen LogP contribution in [0.25, 0.3) is 0 Å². The van der Waals surface area contributed by atoms with Gasteiger partial charge in [-0.3, -0.25) is 14.4 Å². The quantitative estimate of drug-likeness (QED) is 0.583. The van der Waals surface area contributed by atoms with E-state index < -0.39 is 23.8 Å². The van der Waals surface area contributed by atoms with E-state index in [9.17, 15) is 19.5 Å². The first-order chi connectivity index (χ1) is 12.3. The molecular weight excluding hydrogens is 336 g/mol. The number of imide groups is 1. The highest BCUT2D eigenvalue weighted by atomic mass is 16.5. The maximum absolute atomic E-state index is 12.6. The fraction of sp³-hybridized carbons (Fsp3) is 0.526. The van der Waals surface area contributed by atoms with Gasteiger partial charge in [-0.05, 0) is 24.3 Å². The number of hydrogen-bond acceptors (Lipinski definition) is 5. The molecule has 0 heterocycles. The Morgan fingerprint density at radius 3 is 2.27 bits per heavy atom. The number of hydrazine groups is 1. The number of aryl methyl sites for hydroxylation is 1. The second-order valence-corrected chi connectivity index (χ2v) is 6.50. The summed E-state index contributed by atoms with van der Waals surface area (Å²) in [5.74, 6) is -1.96. The van der Waals surface area contributed by atoms with E-state index in [-0.39, 0.29) is 25.4 Å². The highest BCUT2D eigenvalue weighted by Gasteiger charge is 2.28. The second-order valence-electron chi connectivity index (χ2n) is 6.50. The summed E-state index contributed by atoms with van der Waals surface area (Å²) in [5, 5.41) is 10.2. The standard InChI is InChI=1S/C19H28N2O5/c1-14(2)13-16(19(24)25)20-21(18(23)11-12-26-3)17(22)10-9-15-7-5-4-6-8-15/h4-8,14,16,20H,9-13H2,1-3H3,(H,24,25)/t16-/m0/s1. The lowest BCUT2D eigenvalue weighted by atomic mass is 10.0. The smallest absolute Gasteiger partial charge is 0.322 e. The van der Waals surface area contributed by atoms with E-state index in [1.165, 1.54) is 7.11 Å². The lowest BCUT2D eigenvalue weighted by Crippen LogP contribution is -2.54. The van der Waals surface area contributed by atoms with Crippen LogP contribution in [-0.2, 0) is 25.5 Å². The van der Waals surface area contributed by atoms with Crippen LogP contribution in [0.3, 0.4) is 0 Å². The van der Waals surface area contributed by atoms with Crippen molar-refractivity contribution in [1.29, 1.82) is 0 Å². The molecule has 0 radical (unpaired) electrons. The molecule has 1 atom stereocenters. The Morgan fingerprint density at radius 2 is 1.73 bits per heavy atom. The summed E-state index contributed by atoms with van der Waals surface area (Å²) < 4.78 is 4.89. The van der Waals surface area contributed by atoms with Gasteiger partial charge in [0.15, 0.2) is 0 Å². The number of carbonyl (C=O) groups excluding carboxylic acids is 2.